The SMILES string of the molecule is Nc1cc(Cl)c(Cl)cc1NCc1ccn[nH]1. The first-order valence-electron chi connectivity index (χ1n) is 4.63. The van der Waals surface area contributed by atoms with Gasteiger partial charge in [-0.25, -0.2) is 0 Å². The second kappa shape index (κ2) is 4.63. The van der Waals surface area contributed by atoms with Crippen molar-refractivity contribution in [2.24, 2.45) is 0 Å². The summed E-state index contributed by atoms with van der Waals surface area (Å²) >= 11 is 11.7. The van der Waals surface area contributed by atoms with Gasteiger partial charge >= 0.3 is 0 Å². The third-order valence-corrected chi connectivity index (χ3v) is 2.84. The molecule has 0 saturated heterocycles. The molecule has 0 bridgehead atoms. The number of nitrogens with one attached hydrogen (secondary N) is 2. The van der Waals surface area contributed by atoms with Gasteiger partial charge in [-0.1, -0.05) is 23.2 Å². The molecular formula is C10H10Cl2N4. The number of hydrogen-bond donors (Lipinski definition) is 3. The zero-order valence-electron chi connectivity index (χ0n) is 8.30. The predicted molar refractivity (Wildman–Crippen MR) is 66.8 cm³/mol. The van der Waals surface area contributed by atoms with Crippen molar-refractivity contribution < 1.29 is 0 Å². The Kier molecular flexibility index (Phi) is 3.22. The van der Waals surface area contributed by atoms with Crippen LogP contribution < -0.4 is 11.1 Å². The van der Waals surface area contributed by atoms with E-state index in [0.29, 0.717) is 22.3 Å². The van der Waals surface area contributed by atoms with Crippen LogP contribution in [0, 0.1) is 0 Å². The van der Waals surface area contributed by atoms with E-state index in [9.17, 15) is 0 Å². The summed E-state index contributed by atoms with van der Waals surface area (Å²) in [6.07, 6.45) is 1.69. The third kappa shape index (κ3) is 2.40. The largest absolute Gasteiger partial charge is 0.397 e. The van der Waals surface area contributed by atoms with Crippen LogP contribution in [0.2, 0.25) is 10.0 Å². The van der Waals surface area contributed by atoms with Crippen molar-refractivity contribution in [1.82, 2.24) is 10.2 Å². The molecule has 0 amide bonds. The second-order valence-corrected chi connectivity index (χ2v) is 4.10. The molecule has 16 heavy (non-hydrogen) atoms. The van der Waals surface area contributed by atoms with E-state index in [1.54, 1.807) is 18.3 Å². The van der Waals surface area contributed by atoms with Gasteiger partial charge < -0.3 is 11.1 Å². The van der Waals surface area contributed by atoms with Crippen molar-refractivity contribution in [3.63, 3.8) is 0 Å². The minimum absolute atomic E-state index is 0.450. The lowest BCUT2D eigenvalue weighted by molar-refractivity contribution is 0.982. The minimum Gasteiger partial charge on any atom is -0.397 e. The number of benzene rings is 1. The highest BCUT2D eigenvalue weighted by molar-refractivity contribution is 6.42. The molecule has 1 aromatic carbocycles. The maximum absolute atomic E-state index is 5.90. The van der Waals surface area contributed by atoms with Crippen molar-refractivity contribution >= 4 is 34.6 Å². The zero-order valence-corrected chi connectivity index (χ0v) is 9.81. The Bertz CT molecular complexity index is 482. The highest BCUT2D eigenvalue weighted by atomic mass is 35.5. The second-order valence-electron chi connectivity index (χ2n) is 3.29. The summed E-state index contributed by atoms with van der Waals surface area (Å²) in [4.78, 5) is 0. The third-order valence-electron chi connectivity index (χ3n) is 2.12. The number of nitrogens with zero attached hydrogens (tertiary/aromatic N) is 1. The fourth-order valence-electron chi connectivity index (χ4n) is 1.29. The van der Waals surface area contributed by atoms with Crippen molar-refractivity contribution in [2.45, 2.75) is 6.54 Å². The van der Waals surface area contributed by atoms with Gasteiger partial charge in [-0.2, -0.15) is 5.10 Å². The van der Waals surface area contributed by atoms with Gasteiger partial charge in [0.15, 0.2) is 0 Å². The van der Waals surface area contributed by atoms with Gasteiger partial charge in [0.05, 0.1) is 33.7 Å². The Balaban J connectivity index is 2.12. The summed E-state index contributed by atoms with van der Waals surface area (Å²) in [7, 11) is 0. The summed E-state index contributed by atoms with van der Waals surface area (Å²) in [6, 6.07) is 5.20. The molecule has 1 aromatic heterocycles. The quantitative estimate of drug-likeness (QED) is 0.740. The molecule has 0 saturated carbocycles. The molecule has 4 nitrogen and oxygen atoms in total. The maximum atomic E-state index is 5.90. The number of hydrogen-bond acceptors (Lipinski definition) is 3. The molecule has 0 spiro atoms. The first-order chi connectivity index (χ1) is 7.66. The lowest BCUT2D eigenvalue weighted by Crippen LogP contribution is -2.03. The molecule has 0 aliphatic rings. The number of nitrogen functional groups attached to an aromatic ring is 1. The molecule has 6 heteroatoms. The van der Waals surface area contributed by atoms with E-state index >= 15 is 0 Å². The highest BCUT2D eigenvalue weighted by Gasteiger charge is 2.04. The van der Waals surface area contributed by atoms with Crippen LogP contribution in [-0.2, 0) is 6.54 Å². The van der Waals surface area contributed by atoms with E-state index in [4.69, 9.17) is 28.9 Å². The molecule has 0 aliphatic heterocycles. The molecule has 2 aromatic rings. The molecule has 0 fully saturated rings. The van der Waals surface area contributed by atoms with Gasteiger partial charge in [0.1, 0.15) is 0 Å². The van der Waals surface area contributed by atoms with Crippen LogP contribution in [0.1, 0.15) is 5.69 Å². The number of anilines is 2. The zero-order chi connectivity index (χ0) is 11.5. The van der Waals surface area contributed by atoms with E-state index in [1.807, 2.05) is 6.07 Å². The van der Waals surface area contributed by atoms with Gasteiger partial charge in [0.25, 0.3) is 0 Å². The van der Waals surface area contributed by atoms with Gasteiger partial charge in [0, 0.05) is 6.20 Å². The molecule has 1 heterocycles. The van der Waals surface area contributed by atoms with Crippen molar-refractivity contribution in [3.8, 4) is 0 Å². The van der Waals surface area contributed by atoms with Crippen LogP contribution in [-0.4, -0.2) is 10.2 Å². The van der Waals surface area contributed by atoms with Crippen molar-refractivity contribution in [1.29, 1.82) is 0 Å². The normalized spacial score (nSPS) is 10.4. The van der Waals surface area contributed by atoms with Gasteiger partial charge in [-0.3, -0.25) is 5.10 Å². The summed E-state index contributed by atoms with van der Waals surface area (Å²) in [6.45, 7) is 0.599. The molecular weight excluding hydrogens is 247 g/mol. The number of halogens is 2. The predicted octanol–water partition coefficient (Wildman–Crippen LogP) is 2.91. The number of nitrogens with two attached hydrogens (primary N) is 1. The lowest BCUT2D eigenvalue weighted by atomic mass is 10.2. The average Bonchev–Trinajstić information content (AvgIpc) is 2.74. The summed E-state index contributed by atoms with van der Waals surface area (Å²) in [5.41, 5.74) is 8.08. The van der Waals surface area contributed by atoms with Crippen LogP contribution in [0.3, 0.4) is 0 Å². The number of H-pyrrole nitrogens is 1. The van der Waals surface area contributed by atoms with Crippen LogP contribution in [0.4, 0.5) is 11.4 Å². The van der Waals surface area contributed by atoms with Crippen LogP contribution in [0.25, 0.3) is 0 Å². The summed E-state index contributed by atoms with van der Waals surface area (Å²) in [5, 5.41) is 10.8. The standard InChI is InChI=1S/C10H10Cl2N4/c11-7-3-9(13)10(4-8(7)12)14-5-6-1-2-15-16-6/h1-4,14H,5,13H2,(H,15,16). The van der Waals surface area contributed by atoms with Crippen LogP contribution in [0.5, 0.6) is 0 Å². The Morgan fingerprint density at radius 2 is 2.06 bits per heavy atom. The highest BCUT2D eigenvalue weighted by Crippen LogP contribution is 2.30. The van der Waals surface area contributed by atoms with Crippen molar-refractivity contribution in [2.75, 3.05) is 11.1 Å². The Hall–Kier alpha value is -1.39. The first-order valence-corrected chi connectivity index (χ1v) is 5.39. The first kappa shape index (κ1) is 11.1. The van der Waals surface area contributed by atoms with E-state index in [0.717, 1.165) is 11.4 Å². The maximum Gasteiger partial charge on any atom is 0.0614 e. The van der Waals surface area contributed by atoms with Gasteiger partial charge in [-0.05, 0) is 18.2 Å². The molecule has 0 unspecified atom stereocenters. The molecule has 0 atom stereocenters. The Morgan fingerprint density at radius 3 is 2.75 bits per heavy atom. The monoisotopic (exact) mass is 256 g/mol. The Morgan fingerprint density at radius 1 is 1.31 bits per heavy atom. The minimum atomic E-state index is 0.450. The number of rotatable bonds is 3. The van der Waals surface area contributed by atoms with Crippen molar-refractivity contribution in [3.05, 3.63) is 40.1 Å². The molecule has 84 valence electrons. The molecule has 4 N–H and O–H groups in total. The number of aromatic amines is 1. The topological polar surface area (TPSA) is 66.7 Å². The van der Waals surface area contributed by atoms with E-state index < -0.39 is 0 Å². The molecule has 2 rings (SSSR count). The number of aromatic nitrogens is 2. The van der Waals surface area contributed by atoms with Crippen LogP contribution >= 0.6 is 23.2 Å². The van der Waals surface area contributed by atoms with E-state index in [-0.39, 0.29) is 0 Å². The van der Waals surface area contributed by atoms with Crippen LogP contribution in [0.15, 0.2) is 24.4 Å². The lowest BCUT2D eigenvalue weighted by Gasteiger charge is -2.09. The van der Waals surface area contributed by atoms with Gasteiger partial charge in [0.2, 0.25) is 0 Å². The average molecular weight is 257 g/mol. The summed E-state index contributed by atoms with van der Waals surface area (Å²) < 4.78 is 0. The smallest absolute Gasteiger partial charge is 0.0614 e. The summed E-state index contributed by atoms with van der Waals surface area (Å²) in [5.74, 6) is 0. The fourth-order valence-corrected chi connectivity index (χ4v) is 1.62. The van der Waals surface area contributed by atoms with E-state index in [1.165, 1.54) is 0 Å². The molecule has 0 aliphatic carbocycles. The Labute approximate surface area is 103 Å². The van der Waals surface area contributed by atoms with E-state index in [2.05, 4.69) is 15.5 Å². The van der Waals surface area contributed by atoms with Gasteiger partial charge in [-0.15, -0.1) is 0 Å². The fraction of sp³-hybridized carbons (Fsp3) is 0.100. The molecule has 0 radical (unpaired) electrons.